The Bertz CT molecular complexity index is 733. The Kier molecular flexibility index (Phi) is 6.50. The molecule has 1 heterocycles. The van der Waals surface area contributed by atoms with Crippen LogP contribution in [0, 0.1) is 5.92 Å². The lowest BCUT2D eigenvalue weighted by atomic mass is 9.92. The number of anilines is 2. The number of benzene rings is 2. The van der Waals surface area contributed by atoms with Gasteiger partial charge in [-0.2, -0.15) is 0 Å². The molecule has 0 spiro atoms. The van der Waals surface area contributed by atoms with Gasteiger partial charge in [-0.05, 0) is 42.5 Å². The van der Waals surface area contributed by atoms with Crippen molar-refractivity contribution in [2.45, 2.75) is 25.4 Å². The molecule has 4 N–H and O–H groups in total. The van der Waals surface area contributed by atoms with E-state index in [4.69, 9.17) is 22.1 Å². The van der Waals surface area contributed by atoms with E-state index in [0.717, 1.165) is 18.5 Å². The molecule has 1 aliphatic heterocycles. The summed E-state index contributed by atoms with van der Waals surface area (Å²) in [5.74, 6) is -0.0241. The Morgan fingerprint density at radius 2 is 1.92 bits per heavy atom. The minimum atomic E-state index is -0.534. The van der Waals surface area contributed by atoms with E-state index in [2.05, 4.69) is 10.6 Å². The van der Waals surface area contributed by atoms with Crippen molar-refractivity contribution in [2.75, 3.05) is 23.8 Å². The van der Waals surface area contributed by atoms with Crippen LogP contribution in [-0.2, 0) is 16.1 Å². The third-order valence-corrected chi connectivity index (χ3v) is 4.95. The molecule has 0 bridgehead atoms. The van der Waals surface area contributed by atoms with Gasteiger partial charge in [-0.15, -0.1) is 0 Å². The van der Waals surface area contributed by atoms with Crippen molar-refractivity contribution in [3.8, 4) is 0 Å². The average Bonchev–Trinajstić information content (AvgIpc) is 2.68. The summed E-state index contributed by atoms with van der Waals surface area (Å²) >= 11 is 6.35. The molecule has 1 saturated heterocycles. The van der Waals surface area contributed by atoms with Crippen LogP contribution in [0.5, 0.6) is 0 Å². The van der Waals surface area contributed by atoms with Gasteiger partial charge in [0.1, 0.15) is 0 Å². The number of halogens is 1. The maximum Gasteiger partial charge on any atom is 0.241 e. The fraction of sp³-hybridized carbons (Fsp3) is 0.350. The lowest BCUT2D eigenvalue weighted by Crippen LogP contribution is -2.44. The van der Waals surface area contributed by atoms with Gasteiger partial charge in [0.2, 0.25) is 5.91 Å². The fourth-order valence-electron chi connectivity index (χ4n) is 3.04. The first-order valence-electron chi connectivity index (χ1n) is 8.85. The lowest BCUT2D eigenvalue weighted by molar-refractivity contribution is -0.119. The molecule has 1 atom stereocenters. The number of nitrogens with one attached hydrogen (secondary N) is 2. The molecule has 0 aliphatic carbocycles. The Labute approximate surface area is 158 Å². The third kappa shape index (κ3) is 4.97. The summed E-state index contributed by atoms with van der Waals surface area (Å²) in [7, 11) is 0. The molecule has 2 aromatic carbocycles. The van der Waals surface area contributed by atoms with Crippen molar-refractivity contribution in [3.63, 3.8) is 0 Å². The number of nitrogens with two attached hydrogens (primary N) is 1. The van der Waals surface area contributed by atoms with Gasteiger partial charge in [0.15, 0.2) is 0 Å². The molecule has 1 amide bonds. The fourth-order valence-corrected chi connectivity index (χ4v) is 3.29. The number of ether oxygens (including phenoxy) is 1. The highest BCUT2D eigenvalue weighted by atomic mass is 35.5. The number of hydrogen-bond donors (Lipinski definition) is 3. The van der Waals surface area contributed by atoms with Crippen LogP contribution in [0.25, 0.3) is 0 Å². The van der Waals surface area contributed by atoms with Gasteiger partial charge < -0.3 is 21.1 Å². The maximum absolute atomic E-state index is 12.4. The number of carbonyl (C=O) groups is 1. The molecular weight excluding hydrogens is 350 g/mol. The van der Waals surface area contributed by atoms with Crippen LogP contribution in [0.3, 0.4) is 0 Å². The van der Waals surface area contributed by atoms with Crippen molar-refractivity contribution in [2.24, 2.45) is 11.7 Å². The molecule has 138 valence electrons. The van der Waals surface area contributed by atoms with E-state index in [1.807, 2.05) is 42.5 Å². The van der Waals surface area contributed by atoms with Crippen molar-refractivity contribution >= 4 is 28.9 Å². The summed E-state index contributed by atoms with van der Waals surface area (Å²) in [5.41, 5.74) is 8.74. The largest absolute Gasteiger partial charge is 0.381 e. The molecule has 0 aromatic heterocycles. The standard InChI is InChI=1S/C20H24ClN3O2/c21-17-12-16(24-20(25)19(22)15-8-10-26-11-9-15)6-7-18(17)23-13-14-4-2-1-3-5-14/h1-7,12,15,19,23H,8-11,13,22H2,(H,24,25). The summed E-state index contributed by atoms with van der Waals surface area (Å²) in [6.07, 6.45) is 1.63. The van der Waals surface area contributed by atoms with Crippen LogP contribution in [0.2, 0.25) is 5.02 Å². The van der Waals surface area contributed by atoms with E-state index in [1.54, 1.807) is 6.07 Å². The van der Waals surface area contributed by atoms with Crippen molar-refractivity contribution in [1.82, 2.24) is 0 Å². The number of carbonyl (C=O) groups excluding carboxylic acids is 1. The minimum absolute atomic E-state index is 0.158. The Hall–Kier alpha value is -2.08. The molecule has 26 heavy (non-hydrogen) atoms. The van der Waals surface area contributed by atoms with E-state index < -0.39 is 6.04 Å². The van der Waals surface area contributed by atoms with Crippen molar-refractivity contribution < 1.29 is 9.53 Å². The highest BCUT2D eigenvalue weighted by molar-refractivity contribution is 6.33. The van der Waals surface area contributed by atoms with Crippen molar-refractivity contribution in [3.05, 3.63) is 59.1 Å². The summed E-state index contributed by atoms with van der Waals surface area (Å²) in [4.78, 5) is 12.4. The molecule has 6 heteroatoms. The van der Waals surface area contributed by atoms with Gasteiger partial charge in [0.25, 0.3) is 0 Å². The molecule has 3 rings (SSSR count). The zero-order valence-electron chi connectivity index (χ0n) is 14.6. The van der Waals surface area contributed by atoms with Crippen LogP contribution < -0.4 is 16.4 Å². The van der Waals surface area contributed by atoms with Crippen molar-refractivity contribution in [1.29, 1.82) is 0 Å². The predicted octanol–water partition coefficient (Wildman–Crippen LogP) is 3.64. The molecule has 0 radical (unpaired) electrons. The Morgan fingerprint density at radius 1 is 1.19 bits per heavy atom. The van der Waals surface area contributed by atoms with Crippen LogP contribution >= 0.6 is 11.6 Å². The Balaban J connectivity index is 1.57. The first-order chi connectivity index (χ1) is 12.6. The monoisotopic (exact) mass is 373 g/mol. The smallest absolute Gasteiger partial charge is 0.241 e. The molecule has 1 unspecified atom stereocenters. The second-order valence-electron chi connectivity index (χ2n) is 6.50. The topological polar surface area (TPSA) is 76.4 Å². The Morgan fingerprint density at radius 3 is 2.62 bits per heavy atom. The second kappa shape index (κ2) is 9.03. The van der Waals surface area contributed by atoms with Crippen LogP contribution in [0.1, 0.15) is 18.4 Å². The first-order valence-corrected chi connectivity index (χ1v) is 9.23. The highest BCUT2D eigenvalue weighted by Gasteiger charge is 2.26. The van der Waals surface area contributed by atoms with Crippen LogP contribution in [0.4, 0.5) is 11.4 Å². The van der Waals surface area contributed by atoms with Crippen LogP contribution in [0.15, 0.2) is 48.5 Å². The van der Waals surface area contributed by atoms with Gasteiger partial charge >= 0.3 is 0 Å². The molecule has 0 saturated carbocycles. The minimum Gasteiger partial charge on any atom is -0.381 e. The normalized spacial score (nSPS) is 16.1. The van der Waals surface area contributed by atoms with Gasteiger partial charge in [-0.25, -0.2) is 0 Å². The molecule has 5 nitrogen and oxygen atoms in total. The number of rotatable bonds is 6. The van der Waals surface area contributed by atoms with E-state index in [1.165, 1.54) is 5.56 Å². The highest BCUT2D eigenvalue weighted by Crippen LogP contribution is 2.26. The lowest BCUT2D eigenvalue weighted by Gasteiger charge is -2.26. The summed E-state index contributed by atoms with van der Waals surface area (Å²) < 4.78 is 5.32. The van der Waals surface area contributed by atoms with E-state index >= 15 is 0 Å². The van der Waals surface area contributed by atoms with Gasteiger partial charge in [-0.1, -0.05) is 41.9 Å². The summed E-state index contributed by atoms with van der Waals surface area (Å²) in [5, 5.41) is 6.72. The zero-order chi connectivity index (χ0) is 18.4. The molecular formula is C20H24ClN3O2. The zero-order valence-corrected chi connectivity index (χ0v) is 15.3. The summed E-state index contributed by atoms with van der Waals surface area (Å²) in [6.45, 7) is 2.01. The van der Waals surface area contributed by atoms with Gasteiger partial charge in [0.05, 0.1) is 16.8 Å². The van der Waals surface area contributed by atoms with E-state index in [9.17, 15) is 4.79 Å². The second-order valence-corrected chi connectivity index (χ2v) is 6.91. The SMILES string of the molecule is NC(C(=O)Nc1ccc(NCc2ccccc2)c(Cl)c1)C1CCOCC1. The van der Waals surface area contributed by atoms with Gasteiger partial charge in [0, 0.05) is 25.4 Å². The maximum atomic E-state index is 12.4. The molecule has 2 aromatic rings. The third-order valence-electron chi connectivity index (χ3n) is 4.64. The number of hydrogen-bond acceptors (Lipinski definition) is 4. The van der Waals surface area contributed by atoms with Crippen LogP contribution in [-0.4, -0.2) is 25.2 Å². The first kappa shape index (κ1) is 18.7. The quantitative estimate of drug-likeness (QED) is 0.722. The van der Waals surface area contributed by atoms with E-state index in [0.29, 0.717) is 30.5 Å². The predicted molar refractivity (Wildman–Crippen MR) is 105 cm³/mol. The molecule has 1 fully saturated rings. The number of amides is 1. The van der Waals surface area contributed by atoms with E-state index in [-0.39, 0.29) is 11.8 Å². The van der Waals surface area contributed by atoms with Gasteiger partial charge in [-0.3, -0.25) is 4.79 Å². The summed E-state index contributed by atoms with van der Waals surface area (Å²) in [6, 6.07) is 15.0. The average molecular weight is 374 g/mol. The molecule has 1 aliphatic rings.